The molecule has 0 aromatic heterocycles. The lowest BCUT2D eigenvalue weighted by Gasteiger charge is -2.01. The van der Waals surface area contributed by atoms with Crippen LogP contribution < -0.4 is 0 Å². The Morgan fingerprint density at radius 2 is 1.23 bits per heavy atom. The average Bonchev–Trinajstić information content (AvgIpc) is 2.15. The third-order valence-corrected chi connectivity index (χ3v) is 2.64. The molecule has 0 spiro atoms. The highest BCUT2D eigenvalue weighted by Crippen LogP contribution is 2.43. The summed E-state index contributed by atoms with van der Waals surface area (Å²) in [5, 5.41) is 4.83. The summed E-state index contributed by atoms with van der Waals surface area (Å²) in [7, 11) is 0. The molecule has 0 heterocycles. The highest BCUT2D eigenvalue weighted by molar-refractivity contribution is 6.50. The number of halogens is 3. The molecule has 0 N–H and O–H groups in total. The molecule has 0 aliphatic heterocycles. The van der Waals surface area contributed by atoms with Crippen LogP contribution in [0.5, 0.6) is 0 Å². The number of benzene rings is 1. The van der Waals surface area contributed by atoms with E-state index >= 15 is 0 Å². The Bertz CT molecular complexity index is 348. The molecule has 13 heavy (non-hydrogen) atoms. The molecule has 1 aromatic rings. The average molecular weight is 239 g/mol. The topological polar surface area (TPSA) is 58.9 Å². The van der Waals surface area contributed by atoms with Crippen molar-refractivity contribution < 1.29 is 0 Å². The number of nitroso groups, excluding NO2 is 2. The lowest BCUT2D eigenvalue weighted by atomic mass is 10.3. The van der Waals surface area contributed by atoms with Crippen LogP contribution in [0, 0.1) is 9.81 Å². The van der Waals surface area contributed by atoms with Crippen molar-refractivity contribution in [2.75, 3.05) is 0 Å². The minimum Gasteiger partial charge on any atom is -0.145 e. The molecule has 0 unspecified atom stereocenters. The molecule has 1 aromatic carbocycles. The number of nitrogens with zero attached hydrogens (tertiary/aromatic N) is 2. The third kappa shape index (κ3) is 1.80. The van der Waals surface area contributed by atoms with Crippen LogP contribution in [0.15, 0.2) is 16.4 Å². The maximum atomic E-state index is 10.2. The maximum absolute atomic E-state index is 10.2. The highest BCUT2D eigenvalue weighted by Gasteiger charge is 2.14. The van der Waals surface area contributed by atoms with Gasteiger partial charge in [0.2, 0.25) is 0 Å². The van der Waals surface area contributed by atoms with Gasteiger partial charge in [-0.3, -0.25) is 0 Å². The van der Waals surface area contributed by atoms with E-state index in [9.17, 15) is 9.81 Å². The Hall–Kier alpha value is -0.710. The van der Waals surface area contributed by atoms with E-state index in [-0.39, 0.29) is 26.4 Å². The molecular formula is C6HCl3N2O2. The van der Waals surface area contributed by atoms with Crippen LogP contribution in [0.3, 0.4) is 0 Å². The summed E-state index contributed by atoms with van der Waals surface area (Å²) in [4.78, 5) is 20.4. The van der Waals surface area contributed by atoms with Crippen LogP contribution in [0.2, 0.25) is 15.1 Å². The Kier molecular flexibility index (Phi) is 3.19. The van der Waals surface area contributed by atoms with Gasteiger partial charge in [-0.15, -0.1) is 9.81 Å². The highest BCUT2D eigenvalue weighted by atomic mass is 35.5. The molecule has 4 nitrogen and oxygen atoms in total. The van der Waals surface area contributed by atoms with Crippen molar-refractivity contribution in [1.82, 2.24) is 0 Å². The minimum atomic E-state index is -0.161. The van der Waals surface area contributed by atoms with Crippen LogP contribution >= 0.6 is 34.8 Å². The molecule has 0 atom stereocenters. The summed E-state index contributed by atoms with van der Waals surface area (Å²) in [5.74, 6) is 0. The van der Waals surface area contributed by atoms with Gasteiger partial charge in [-0.25, -0.2) is 0 Å². The fourth-order valence-electron chi connectivity index (χ4n) is 0.710. The van der Waals surface area contributed by atoms with Gasteiger partial charge in [0.15, 0.2) is 0 Å². The zero-order valence-electron chi connectivity index (χ0n) is 5.92. The normalized spacial score (nSPS) is 9.77. The van der Waals surface area contributed by atoms with Gasteiger partial charge in [0.1, 0.15) is 11.4 Å². The first kappa shape index (κ1) is 10.4. The van der Waals surface area contributed by atoms with E-state index in [1.165, 1.54) is 0 Å². The molecule has 0 aliphatic rings. The van der Waals surface area contributed by atoms with Crippen molar-refractivity contribution in [2.24, 2.45) is 10.4 Å². The van der Waals surface area contributed by atoms with Gasteiger partial charge < -0.3 is 0 Å². The Morgan fingerprint density at radius 3 is 1.54 bits per heavy atom. The maximum Gasteiger partial charge on any atom is 0.130 e. The van der Waals surface area contributed by atoms with Gasteiger partial charge in [-0.2, -0.15) is 0 Å². The van der Waals surface area contributed by atoms with Crippen molar-refractivity contribution in [1.29, 1.82) is 0 Å². The van der Waals surface area contributed by atoms with Crippen molar-refractivity contribution in [3.05, 3.63) is 30.9 Å². The molecule has 0 radical (unpaired) electrons. The Balaban J connectivity index is 3.53. The van der Waals surface area contributed by atoms with Crippen molar-refractivity contribution >= 4 is 46.2 Å². The lowest BCUT2D eigenvalue weighted by Crippen LogP contribution is -1.75. The van der Waals surface area contributed by atoms with E-state index in [1.807, 2.05) is 0 Å². The molecule has 0 saturated carbocycles. The summed E-state index contributed by atoms with van der Waals surface area (Å²) in [6.45, 7) is 0. The van der Waals surface area contributed by atoms with Crippen LogP contribution in [0.4, 0.5) is 11.4 Å². The molecule has 0 bridgehead atoms. The second-order valence-corrected chi connectivity index (χ2v) is 3.17. The van der Waals surface area contributed by atoms with E-state index < -0.39 is 0 Å². The molecular weight excluding hydrogens is 238 g/mol. The lowest BCUT2D eigenvalue weighted by molar-refractivity contribution is 1.44. The fraction of sp³-hybridized carbons (Fsp3) is 0. The smallest absolute Gasteiger partial charge is 0.130 e. The molecule has 0 saturated heterocycles. The summed E-state index contributed by atoms with van der Waals surface area (Å²) >= 11 is 16.7. The third-order valence-electron chi connectivity index (χ3n) is 1.31. The quantitative estimate of drug-likeness (QED) is 0.565. The van der Waals surface area contributed by atoms with Gasteiger partial charge in [-0.05, 0) is 16.4 Å². The van der Waals surface area contributed by atoms with Gasteiger partial charge in [0, 0.05) is 0 Å². The molecule has 68 valence electrons. The minimum absolute atomic E-state index is 0.0888. The summed E-state index contributed by atoms with van der Waals surface area (Å²) < 4.78 is 0. The van der Waals surface area contributed by atoms with Crippen LogP contribution in [0.1, 0.15) is 0 Å². The summed E-state index contributed by atoms with van der Waals surface area (Å²) in [6.07, 6.45) is 0. The SMILES string of the molecule is O=Nc1cc(N=O)c(Cl)c(Cl)c1Cl. The summed E-state index contributed by atoms with van der Waals surface area (Å²) in [6, 6.07) is 1.07. The molecule has 7 heteroatoms. The first-order valence-corrected chi connectivity index (χ1v) is 4.09. The van der Waals surface area contributed by atoms with Gasteiger partial charge in [-0.1, -0.05) is 34.8 Å². The molecule has 0 aliphatic carbocycles. The van der Waals surface area contributed by atoms with Gasteiger partial charge in [0.05, 0.1) is 15.1 Å². The first-order chi connectivity index (χ1) is 6.11. The van der Waals surface area contributed by atoms with Crippen molar-refractivity contribution in [3.63, 3.8) is 0 Å². The predicted octanol–water partition coefficient (Wildman–Crippen LogP) is 4.44. The second kappa shape index (κ2) is 4.00. The Labute approximate surface area is 87.7 Å². The Morgan fingerprint density at radius 1 is 0.846 bits per heavy atom. The van der Waals surface area contributed by atoms with E-state index in [2.05, 4.69) is 10.4 Å². The monoisotopic (exact) mass is 238 g/mol. The standard InChI is InChI=1S/C6HCl3N2O2/c7-4-2(10-12)1-3(11-13)5(8)6(4)9/h1H. The van der Waals surface area contributed by atoms with E-state index in [4.69, 9.17) is 34.8 Å². The van der Waals surface area contributed by atoms with E-state index in [1.54, 1.807) is 0 Å². The number of hydrogen-bond donors (Lipinski definition) is 0. The second-order valence-electron chi connectivity index (χ2n) is 2.04. The van der Waals surface area contributed by atoms with Crippen molar-refractivity contribution in [2.45, 2.75) is 0 Å². The van der Waals surface area contributed by atoms with Gasteiger partial charge in [0.25, 0.3) is 0 Å². The van der Waals surface area contributed by atoms with Crippen LogP contribution in [-0.4, -0.2) is 0 Å². The van der Waals surface area contributed by atoms with E-state index in [0.717, 1.165) is 6.07 Å². The molecule has 0 fully saturated rings. The predicted molar refractivity (Wildman–Crippen MR) is 52.4 cm³/mol. The largest absolute Gasteiger partial charge is 0.145 e. The zero-order valence-corrected chi connectivity index (χ0v) is 8.19. The zero-order chi connectivity index (χ0) is 10.0. The number of rotatable bonds is 2. The summed E-state index contributed by atoms with van der Waals surface area (Å²) in [5.41, 5.74) is -0.323. The van der Waals surface area contributed by atoms with Crippen molar-refractivity contribution in [3.8, 4) is 0 Å². The molecule has 1 rings (SSSR count). The van der Waals surface area contributed by atoms with Crippen LogP contribution in [0.25, 0.3) is 0 Å². The van der Waals surface area contributed by atoms with Gasteiger partial charge >= 0.3 is 0 Å². The first-order valence-electron chi connectivity index (χ1n) is 2.96. The molecule has 0 amide bonds. The van der Waals surface area contributed by atoms with E-state index in [0.29, 0.717) is 0 Å². The fourth-order valence-corrected chi connectivity index (χ4v) is 1.32. The van der Waals surface area contributed by atoms with Crippen LogP contribution in [-0.2, 0) is 0 Å². The number of hydrogen-bond acceptors (Lipinski definition) is 4.